The fourth-order valence-corrected chi connectivity index (χ4v) is 2.59. The first kappa shape index (κ1) is 11.0. The molecule has 0 atom stereocenters. The number of pyridine rings is 1. The van der Waals surface area contributed by atoms with E-state index >= 15 is 0 Å². The number of carbonyl (C=O) groups excluding carboxylic acids is 1. The largest absolute Gasteiger partial charge is 0.294 e. The number of fused-ring (bicyclic) bond motifs is 1. The maximum atomic E-state index is 11.3. The topological polar surface area (TPSA) is 42.9 Å². The van der Waals surface area contributed by atoms with Crippen molar-refractivity contribution in [2.45, 2.75) is 6.92 Å². The summed E-state index contributed by atoms with van der Waals surface area (Å²) >= 11 is 1.42. The second-order valence-corrected chi connectivity index (χ2v) is 5.03. The standard InChI is InChI=1S/C14H10N2OS/c1-9(17)13-8-16-14(18-13)11-4-5-12-10(7-11)3-2-6-15-12/h2-8H,1H3. The van der Waals surface area contributed by atoms with Crippen molar-refractivity contribution in [3.05, 3.63) is 47.6 Å². The van der Waals surface area contributed by atoms with Crippen LogP contribution in [0, 0.1) is 0 Å². The van der Waals surface area contributed by atoms with Crippen molar-refractivity contribution in [1.29, 1.82) is 0 Å². The number of rotatable bonds is 2. The second-order valence-electron chi connectivity index (χ2n) is 4.00. The zero-order valence-electron chi connectivity index (χ0n) is 9.75. The second kappa shape index (κ2) is 4.31. The third kappa shape index (κ3) is 1.91. The smallest absolute Gasteiger partial charge is 0.171 e. The minimum atomic E-state index is 0.0567. The third-order valence-electron chi connectivity index (χ3n) is 2.70. The van der Waals surface area contributed by atoms with Gasteiger partial charge in [-0.1, -0.05) is 6.07 Å². The van der Waals surface area contributed by atoms with Crippen LogP contribution in [0.25, 0.3) is 21.5 Å². The van der Waals surface area contributed by atoms with Gasteiger partial charge in [-0.25, -0.2) is 4.98 Å². The summed E-state index contributed by atoms with van der Waals surface area (Å²) in [6.45, 7) is 1.56. The van der Waals surface area contributed by atoms with Crippen molar-refractivity contribution >= 4 is 28.0 Å². The van der Waals surface area contributed by atoms with Gasteiger partial charge in [-0.15, -0.1) is 11.3 Å². The lowest BCUT2D eigenvalue weighted by Crippen LogP contribution is -1.83. The molecule has 3 nitrogen and oxygen atoms in total. The van der Waals surface area contributed by atoms with Crippen LogP contribution in [0.15, 0.2) is 42.7 Å². The highest BCUT2D eigenvalue weighted by molar-refractivity contribution is 7.16. The molecule has 1 aromatic carbocycles. The van der Waals surface area contributed by atoms with Gasteiger partial charge in [-0.2, -0.15) is 0 Å². The van der Waals surface area contributed by atoms with Gasteiger partial charge in [-0.3, -0.25) is 9.78 Å². The molecule has 3 aromatic rings. The molecule has 0 aliphatic carbocycles. The van der Waals surface area contributed by atoms with Gasteiger partial charge in [0.05, 0.1) is 10.4 Å². The Labute approximate surface area is 108 Å². The zero-order valence-corrected chi connectivity index (χ0v) is 10.6. The Balaban J connectivity index is 2.10. The predicted molar refractivity (Wildman–Crippen MR) is 72.9 cm³/mol. The van der Waals surface area contributed by atoms with E-state index < -0.39 is 0 Å². The third-order valence-corrected chi connectivity index (χ3v) is 3.85. The molecular formula is C14H10N2OS. The fourth-order valence-electron chi connectivity index (χ4n) is 1.78. The molecular weight excluding hydrogens is 244 g/mol. The van der Waals surface area contributed by atoms with Gasteiger partial charge in [0.15, 0.2) is 5.78 Å². The molecule has 3 rings (SSSR count). The van der Waals surface area contributed by atoms with Crippen LogP contribution < -0.4 is 0 Å². The van der Waals surface area contributed by atoms with Crippen LogP contribution in [0.3, 0.4) is 0 Å². The Morgan fingerprint density at radius 3 is 2.89 bits per heavy atom. The Morgan fingerprint density at radius 1 is 1.22 bits per heavy atom. The fraction of sp³-hybridized carbons (Fsp3) is 0.0714. The van der Waals surface area contributed by atoms with Gasteiger partial charge in [0.25, 0.3) is 0 Å². The summed E-state index contributed by atoms with van der Waals surface area (Å²) < 4.78 is 0. The van der Waals surface area contributed by atoms with Crippen LogP contribution in [0.5, 0.6) is 0 Å². The van der Waals surface area contributed by atoms with E-state index in [4.69, 9.17) is 0 Å². The molecule has 18 heavy (non-hydrogen) atoms. The lowest BCUT2D eigenvalue weighted by Gasteiger charge is -1.99. The molecule has 0 unspecified atom stereocenters. The van der Waals surface area contributed by atoms with Crippen LogP contribution >= 0.6 is 11.3 Å². The Kier molecular flexibility index (Phi) is 2.64. The van der Waals surface area contributed by atoms with Gasteiger partial charge in [0.1, 0.15) is 5.01 Å². The molecule has 0 fully saturated rings. The number of thiazole rings is 1. The van der Waals surface area contributed by atoms with E-state index in [1.807, 2.05) is 30.3 Å². The Morgan fingerprint density at radius 2 is 2.11 bits per heavy atom. The molecule has 0 bridgehead atoms. The first-order chi connectivity index (χ1) is 8.74. The van der Waals surface area contributed by atoms with Crippen LogP contribution in [-0.2, 0) is 0 Å². The van der Waals surface area contributed by atoms with Crippen LogP contribution in [-0.4, -0.2) is 15.8 Å². The lowest BCUT2D eigenvalue weighted by molar-refractivity contribution is 0.102. The van der Waals surface area contributed by atoms with E-state index in [0.717, 1.165) is 21.5 Å². The average Bonchev–Trinajstić information content (AvgIpc) is 2.88. The van der Waals surface area contributed by atoms with Crippen molar-refractivity contribution < 1.29 is 4.79 Å². The molecule has 0 saturated heterocycles. The quantitative estimate of drug-likeness (QED) is 0.657. The molecule has 88 valence electrons. The number of hydrogen-bond donors (Lipinski definition) is 0. The van der Waals surface area contributed by atoms with Crippen molar-refractivity contribution in [1.82, 2.24) is 9.97 Å². The van der Waals surface area contributed by atoms with Crippen molar-refractivity contribution in [3.8, 4) is 10.6 Å². The number of Topliss-reactive ketones (excluding diaryl/α,β-unsaturated/α-hetero) is 1. The summed E-state index contributed by atoms with van der Waals surface area (Å²) in [5, 5.41) is 1.94. The van der Waals surface area contributed by atoms with Gasteiger partial charge >= 0.3 is 0 Å². The van der Waals surface area contributed by atoms with E-state index in [9.17, 15) is 4.79 Å². The molecule has 0 spiro atoms. The van der Waals surface area contributed by atoms with Crippen LogP contribution in [0.4, 0.5) is 0 Å². The minimum Gasteiger partial charge on any atom is -0.294 e. The number of ketones is 1. The molecule has 4 heteroatoms. The van der Waals surface area contributed by atoms with Crippen molar-refractivity contribution in [2.75, 3.05) is 0 Å². The number of nitrogens with zero attached hydrogens (tertiary/aromatic N) is 2. The monoisotopic (exact) mass is 254 g/mol. The first-order valence-electron chi connectivity index (χ1n) is 5.56. The molecule has 2 heterocycles. The molecule has 0 aliphatic rings. The van der Waals surface area contributed by atoms with Gasteiger partial charge in [0, 0.05) is 30.3 Å². The SMILES string of the molecule is CC(=O)c1cnc(-c2ccc3ncccc3c2)s1. The molecule has 0 saturated carbocycles. The first-order valence-corrected chi connectivity index (χ1v) is 6.37. The van der Waals surface area contributed by atoms with E-state index in [1.165, 1.54) is 11.3 Å². The van der Waals surface area contributed by atoms with E-state index in [2.05, 4.69) is 9.97 Å². The molecule has 0 N–H and O–H groups in total. The Hall–Kier alpha value is -2.07. The van der Waals surface area contributed by atoms with E-state index in [0.29, 0.717) is 4.88 Å². The number of carbonyl (C=O) groups is 1. The average molecular weight is 254 g/mol. The van der Waals surface area contributed by atoms with Crippen LogP contribution in [0.2, 0.25) is 0 Å². The normalized spacial score (nSPS) is 10.7. The van der Waals surface area contributed by atoms with E-state index in [-0.39, 0.29) is 5.78 Å². The lowest BCUT2D eigenvalue weighted by atomic mass is 10.1. The zero-order chi connectivity index (χ0) is 12.5. The number of aromatic nitrogens is 2. The highest BCUT2D eigenvalue weighted by atomic mass is 32.1. The van der Waals surface area contributed by atoms with Gasteiger partial charge in [-0.05, 0) is 24.3 Å². The molecule has 2 aromatic heterocycles. The summed E-state index contributed by atoms with van der Waals surface area (Å²) in [4.78, 5) is 20.5. The summed E-state index contributed by atoms with van der Waals surface area (Å²) in [6.07, 6.45) is 3.41. The highest BCUT2D eigenvalue weighted by Crippen LogP contribution is 2.27. The van der Waals surface area contributed by atoms with Crippen molar-refractivity contribution in [2.24, 2.45) is 0 Å². The maximum Gasteiger partial charge on any atom is 0.171 e. The predicted octanol–water partition coefficient (Wildman–Crippen LogP) is 3.56. The molecule has 0 radical (unpaired) electrons. The maximum absolute atomic E-state index is 11.3. The Bertz CT molecular complexity index is 733. The van der Waals surface area contributed by atoms with Crippen molar-refractivity contribution in [3.63, 3.8) is 0 Å². The highest BCUT2D eigenvalue weighted by Gasteiger charge is 2.08. The summed E-state index contributed by atoms with van der Waals surface area (Å²) in [6, 6.07) is 9.93. The number of hydrogen-bond acceptors (Lipinski definition) is 4. The number of benzene rings is 1. The van der Waals surface area contributed by atoms with Gasteiger partial charge in [0.2, 0.25) is 0 Å². The molecule has 0 amide bonds. The van der Waals surface area contributed by atoms with Crippen LogP contribution in [0.1, 0.15) is 16.6 Å². The van der Waals surface area contributed by atoms with Gasteiger partial charge < -0.3 is 0 Å². The van der Waals surface area contributed by atoms with E-state index in [1.54, 1.807) is 19.3 Å². The molecule has 0 aliphatic heterocycles. The summed E-state index contributed by atoms with van der Waals surface area (Å²) in [7, 11) is 0. The summed E-state index contributed by atoms with van der Waals surface area (Å²) in [5.41, 5.74) is 1.98. The summed E-state index contributed by atoms with van der Waals surface area (Å²) in [5.74, 6) is 0.0567. The minimum absolute atomic E-state index is 0.0567.